The van der Waals surface area contributed by atoms with Crippen LogP contribution in [0.1, 0.15) is 44.6 Å². The van der Waals surface area contributed by atoms with E-state index in [0.29, 0.717) is 18.4 Å². The Labute approximate surface area is 138 Å². The first kappa shape index (κ1) is 16.2. The third-order valence-electron chi connectivity index (χ3n) is 4.73. The van der Waals surface area contributed by atoms with Crippen molar-refractivity contribution in [2.24, 2.45) is 5.41 Å². The van der Waals surface area contributed by atoms with Gasteiger partial charge in [-0.2, -0.15) is 0 Å². The van der Waals surface area contributed by atoms with Gasteiger partial charge >= 0.3 is 0 Å². The highest BCUT2D eigenvalue weighted by Gasteiger charge is 2.33. The van der Waals surface area contributed by atoms with Crippen molar-refractivity contribution < 1.29 is 9.53 Å². The van der Waals surface area contributed by atoms with Gasteiger partial charge in [0.15, 0.2) is 0 Å². The van der Waals surface area contributed by atoms with Gasteiger partial charge < -0.3 is 15.0 Å². The Morgan fingerprint density at radius 1 is 1.43 bits per heavy atom. The summed E-state index contributed by atoms with van der Waals surface area (Å²) < 4.78 is 5.93. The molecule has 1 aromatic heterocycles. The molecular weight excluding hydrogens is 290 g/mol. The third-order valence-corrected chi connectivity index (χ3v) is 4.73. The Morgan fingerprint density at radius 2 is 2.22 bits per heavy atom. The zero-order valence-corrected chi connectivity index (χ0v) is 14.3. The molecule has 5 heteroatoms. The number of likely N-dealkylation sites (tertiary alicyclic amines) is 1. The van der Waals surface area contributed by atoms with Crippen molar-refractivity contribution in [3.05, 3.63) is 23.9 Å². The first-order valence-electron chi connectivity index (χ1n) is 8.53. The molecule has 1 aliphatic carbocycles. The summed E-state index contributed by atoms with van der Waals surface area (Å²) in [6.45, 7) is 6.18. The number of carbonyl (C=O) groups is 1. The molecule has 0 spiro atoms. The molecule has 2 aliphatic rings. The summed E-state index contributed by atoms with van der Waals surface area (Å²) in [4.78, 5) is 19.1. The lowest BCUT2D eigenvalue weighted by Crippen LogP contribution is -2.46. The van der Waals surface area contributed by atoms with Gasteiger partial charge in [-0.3, -0.25) is 4.79 Å². The van der Waals surface area contributed by atoms with Crippen molar-refractivity contribution in [3.8, 4) is 5.88 Å². The van der Waals surface area contributed by atoms with Gasteiger partial charge in [0.05, 0.1) is 5.41 Å². The monoisotopic (exact) mass is 317 g/mol. The fourth-order valence-corrected chi connectivity index (χ4v) is 2.98. The van der Waals surface area contributed by atoms with Gasteiger partial charge in [0.1, 0.15) is 6.61 Å². The van der Waals surface area contributed by atoms with Crippen molar-refractivity contribution in [1.29, 1.82) is 0 Å². The minimum atomic E-state index is -0.570. The van der Waals surface area contributed by atoms with Crippen molar-refractivity contribution in [3.63, 3.8) is 0 Å². The Hall–Kier alpha value is -1.62. The van der Waals surface area contributed by atoms with Crippen LogP contribution < -0.4 is 10.1 Å². The second-order valence-electron chi connectivity index (χ2n) is 7.57. The lowest BCUT2D eigenvalue weighted by atomic mass is 9.93. The van der Waals surface area contributed by atoms with Gasteiger partial charge in [-0.25, -0.2) is 4.98 Å². The lowest BCUT2D eigenvalue weighted by Gasteiger charge is -2.26. The van der Waals surface area contributed by atoms with Crippen molar-refractivity contribution in [2.45, 2.75) is 45.1 Å². The van der Waals surface area contributed by atoms with Gasteiger partial charge in [0, 0.05) is 24.3 Å². The topological polar surface area (TPSA) is 54.5 Å². The van der Waals surface area contributed by atoms with E-state index < -0.39 is 5.41 Å². The van der Waals surface area contributed by atoms with Crippen LogP contribution in [0.4, 0.5) is 0 Å². The van der Waals surface area contributed by atoms with E-state index >= 15 is 0 Å². The quantitative estimate of drug-likeness (QED) is 0.874. The van der Waals surface area contributed by atoms with Crippen LogP contribution in [0, 0.1) is 5.41 Å². The number of hydrogen-bond acceptors (Lipinski definition) is 4. The number of aromatic nitrogens is 1. The first-order chi connectivity index (χ1) is 11.0. The van der Waals surface area contributed by atoms with E-state index in [1.54, 1.807) is 6.20 Å². The molecule has 1 aromatic rings. The Bertz CT molecular complexity index is 569. The number of hydrogen-bond donors (Lipinski definition) is 1. The second kappa shape index (κ2) is 6.48. The zero-order valence-electron chi connectivity index (χ0n) is 14.3. The minimum Gasteiger partial charge on any atom is -0.476 e. The third kappa shape index (κ3) is 4.02. The molecular formula is C18H27N3O2. The largest absolute Gasteiger partial charge is 0.476 e. The second-order valence-corrected chi connectivity index (χ2v) is 7.57. The molecule has 1 saturated carbocycles. The summed E-state index contributed by atoms with van der Waals surface area (Å²) in [5.41, 5.74) is 0.612. The summed E-state index contributed by atoms with van der Waals surface area (Å²) in [6.07, 6.45) is 5.19. The number of amides is 1. The van der Waals surface area contributed by atoms with Crippen molar-refractivity contribution >= 4 is 5.91 Å². The lowest BCUT2D eigenvalue weighted by molar-refractivity contribution is -0.131. The van der Waals surface area contributed by atoms with E-state index in [1.165, 1.54) is 18.4 Å². The van der Waals surface area contributed by atoms with Crippen molar-refractivity contribution in [1.82, 2.24) is 15.2 Å². The van der Waals surface area contributed by atoms with E-state index in [4.69, 9.17) is 4.74 Å². The molecule has 1 saturated heterocycles. The van der Waals surface area contributed by atoms with Gasteiger partial charge in [0.2, 0.25) is 11.8 Å². The molecule has 5 nitrogen and oxygen atoms in total. The van der Waals surface area contributed by atoms with E-state index in [9.17, 15) is 4.79 Å². The van der Waals surface area contributed by atoms with Gasteiger partial charge in [-0.15, -0.1) is 0 Å². The van der Waals surface area contributed by atoms with Crippen molar-refractivity contribution in [2.75, 3.05) is 26.7 Å². The normalized spacial score (nSPS) is 22.1. The highest BCUT2D eigenvalue weighted by Crippen LogP contribution is 2.43. The Balaban J connectivity index is 1.56. The number of ether oxygens (including phenoxy) is 1. The number of rotatable bonds is 6. The summed E-state index contributed by atoms with van der Waals surface area (Å²) >= 11 is 0. The predicted octanol–water partition coefficient (Wildman–Crippen LogP) is 2.18. The van der Waals surface area contributed by atoms with E-state index in [0.717, 1.165) is 19.5 Å². The van der Waals surface area contributed by atoms with Gasteiger partial charge in [0.25, 0.3) is 0 Å². The van der Waals surface area contributed by atoms with E-state index in [2.05, 4.69) is 28.3 Å². The van der Waals surface area contributed by atoms with Gasteiger partial charge in [-0.05, 0) is 58.7 Å². The first-order valence-corrected chi connectivity index (χ1v) is 8.53. The molecule has 3 rings (SSSR count). The molecule has 0 unspecified atom stereocenters. The maximum atomic E-state index is 12.5. The molecule has 2 fully saturated rings. The fourth-order valence-electron chi connectivity index (χ4n) is 2.98. The highest BCUT2D eigenvalue weighted by molar-refractivity contribution is 5.82. The van der Waals surface area contributed by atoms with E-state index in [1.807, 2.05) is 19.9 Å². The van der Waals surface area contributed by atoms with Crippen LogP contribution in [0.2, 0.25) is 0 Å². The van der Waals surface area contributed by atoms with Crippen LogP contribution >= 0.6 is 0 Å². The minimum absolute atomic E-state index is 0.0571. The smallest absolute Gasteiger partial charge is 0.229 e. The van der Waals surface area contributed by atoms with Crippen LogP contribution in [-0.2, 0) is 4.79 Å². The maximum absolute atomic E-state index is 12.5. The number of pyridine rings is 1. The average molecular weight is 317 g/mol. The fraction of sp³-hybridized carbons (Fsp3) is 0.667. The Kier molecular flexibility index (Phi) is 4.57. The molecule has 1 aliphatic heterocycles. The molecule has 1 amide bonds. The maximum Gasteiger partial charge on any atom is 0.229 e. The summed E-state index contributed by atoms with van der Waals surface area (Å²) in [6, 6.07) is 4.29. The molecule has 1 N–H and O–H groups in total. The standard InChI is InChI=1S/C18H27N3O2/c1-18(2,17(22)20-14-8-10-21(3)11-14)12-23-16-15(13-6-7-13)5-4-9-19-16/h4-5,9,13-14H,6-8,10-12H2,1-3H3,(H,20,22)/t14-/m1/s1. The summed E-state index contributed by atoms with van der Waals surface area (Å²) in [7, 11) is 2.08. The van der Waals surface area contributed by atoms with Crippen LogP contribution in [-0.4, -0.2) is 48.6 Å². The highest BCUT2D eigenvalue weighted by atomic mass is 16.5. The molecule has 0 radical (unpaired) electrons. The molecule has 2 heterocycles. The number of likely N-dealkylation sites (N-methyl/N-ethyl adjacent to an activating group) is 1. The zero-order chi connectivity index (χ0) is 16.4. The number of nitrogens with zero attached hydrogens (tertiary/aromatic N) is 2. The van der Waals surface area contributed by atoms with Gasteiger partial charge in [-0.1, -0.05) is 6.07 Å². The molecule has 0 bridgehead atoms. The molecule has 23 heavy (non-hydrogen) atoms. The van der Waals surface area contributed by atoms with Crippen LogP contribution in [0.15, 0.2) is 18.3 Å². The van der Waals surface area contributed by atoms with E-state index in [-0.39, 0.29) is 11.9 Å². The Morgan fingerprint density at radius 3 is 2.87 bits per heavy atom. The average Bonchev–Trinajstić information content (AvgIpc) is 3.29. The summed E-state index contributed by atoms with van der Waals surface area (Å²) in [5.74, 6) is 1.34. The number of carbonyl (C=O) groups excluding carboxylic acids is 1. The number of nitrogens with one attached hydrogen (secondary N) is 1. The predicted molar refractivity (Wildman–Crippen MR) is 89.5 cm³/mol. The molecule has 1 atom stereocenters. The summed E-state index contributed by atoms with van der Waals surface area (Å²) in [5, 5.41) is 3.15. The molecule has 126 valence electrons. The van der Waals surface area contributed by atoms with Crippen LogP contribution in [0.3, 0.4) is 0 Å². The molecule has 0 aromatic carbocycles. The van der Waals surface area contributed by atoms with Crippen LogP contribution in [0.25, 0.3) is 0 Å². The SMILES string of the molecule is CN1CC[C@@H](NC(=O)C(C)(C)COc2ncccc2C2CC2)C1. The van der Waals surface area contributed by atoms with Crippen LogP contribution in [0.5, 0.6) is 5.88 Å².